The summed E-state index contributed by atoms with van der Waals surface area (Å²) in [5.41, 5.74) is 0.735. The molecule has 7 nitrogen and oxygen atoms in total. The van der Waals surface area contributed by atoms with Crippen LogP contribution >= 0.6 is 11.3 Å². The number of ether oxygens (including phenoxy) is 2. The molecule has 3 aliphatic rings. The molecule has 0 radical (unpaired) electrons. The van der Waals surface area contributed by atoms with Crippen molar-refractivity contribution in [2.75, 3.05) is 24.7 Å². The predicted molar refractivity (Wildman–Crippen MR) is 150 cm³/mol. The lowest BCUT2D eigenvalue weighted by atomic mass is 9.80. The van der Waals surface area contributed by atoms with Gasteiger partial charge in [-0.25, -0.2) is 4.79 Å². The predicted octanol–water partition coefficient (Wildman–Crippen LogP) is 5.19. The molecule has 4 rings (SSSR count). The number of rotatable bonds is 8. The Morgan fingerprint density at radius 1 is 1.29 bits per heavy atom. The molecule has 210 valence electrons. The maximum atomic E-state index is 12.4. The zero-order chi connectivity index (χ0) is 27.5. The van der Waals surface area contributed by atoms with Gasteiger partial charge in [0.2, 0.25) is 0 Å². The molecule has 1 aliphatic heterocycles. The molecule has 1 aromatic rings. The van der Waals surface area contributed by atoms with E-state index in [9.17, 15) is 20.1 Å². The Balaban J connectivity index is 1.59. The van der Waals surface area contributed by atoms with Crippen LogP contribution in [0, 0.1) is 23.2 Å². The highest BCUT2D eigenvalue weighted by molar-refractivity contribution is 7.15. The van der Waals surface area contributed by atoms with Crippen LogP contribution in [0.1, 0.15) is 93.6 Å². The minimum Gasteiger partial charge on any atom is -0.477 e. The van der Waals surface area contributed by atoms with Crippen molar-refractivity contribution in [2.45, 2.75) is 103 Å². The van der Waals surface area contributed by atoms with Gasteiger partial charge in [0.15, 0.2) is 0 Å². The van der Waals surface area contributed by atoms with Crippen LogP contribution in [-0.2, 0) is 9.47 Å². The van der Waals surface area contributed by atoms with Crippen LogP contribution < -0.4 is 4.90 Å². The van der Waals surface area contributed by atoms with E-state index in [2.05, 4.69) is 24.8 Å². The minimum absolute atomic E-state index is 0.0101. The third-order valence-corrected chi connectivity index (χ3v) is 8.91. The number of hydrogen-bond donors (Lipinski definition) is 3. The molecule has 1 saturated carbocycles. The number of carbonyl (C=O) groups is 1. The van der Waals surface area contributed by atoms with Crippen LogP contribution in [0.3, 0.4) is 0 Å². The summed E-state index contributed by atoms with van der Waals surface area (Å²) >= 11 is 1.17. The van der Waals surface area contributed by atoms with Gasteiger partial charge in [-0.15, -0.1) is 11.3 Å². The van der Waals surface area contributed by atoms with E-state index in [0.29, 0.717) is 49.5 Å². The van der Waals surface area contributed by atoms with E-state index >= 15 is 0 Å². The average Bonchev–Trinajstić information content (AvgIpc) is 3.53. The zero-order valence-electron chi connectivity index (χ0n) is 23.2. The standard InChI is InChI=1S/C30H43NO6S/c1-20-5-7-21(8-6-20)27(32)31(25-17-24(11-13-29(2,3)4)38-26(25)28(33)34)22-9-14-30(35,15-10-22)19-37-23-12-16-36-18-23/h5,17,21-23,27,32,35H,6-10,12,14-16,18-19H2,1-4H3,(H,33,34)/t21-,22?,23-,27?,30?/m0/s1. The van der Waals surface area contributed by atoms with Gasteiger partial charge in [-0.2, -0.15) is 0 Å². The maximum Gasteiger partial charge on any atom is 0.348 e. The van der Waals surface area contributed by atoms with E-state index in [1.807, 2.05) is 31.7 Å². The van der Waals surface area contributed by atoms with Crippen LogP contribution in [0.15, 0.2) is 17.7 Å². The first kappa shape index (κ1) is 29.1. The van der Waals surface area contributed by atoms with E-state index in [1.54, 1.807) is 0 Å². The molecule has 0 bridgehead atoms. The molecule has 1 saturated heterocycles. The minimum atomic E-state index is -1.01. The summed E-state index contributed by atoms with van der Waals surface area (Å²) in [6, 6.07) is 1.74. The van der Waals surface area contributed by atoms with Gasteiger partial charge in [0.25, 0.3) is 0 Å². The van der Waals surface area contributed by atoms with Crippen LogP contribution in [0.5, 0.6) is 0 Å². The number of thiophene rings is 1. The Bertz CT molecular complexity index is 1060. The molecule has 0 amide bonds. The Labute approximate surface area is 230 Å². The van der Waals surface area contributed by atoms with Crippen molar-refractivity contribution in [1.29, 1.82) is 0 Å². The van der Waals surface area contributed by atoms with Crippen molar-refractivity contribution in [3.63, 3.8) is 0 Å². The first-order valence-electron chi connectivity index (χ1n) is 13.9. The van der Waals surface area contributed by atoms with Crippen molar-refractivity contribution >= 4 is 23.0 Å². The highest BCUT2D eigenvalue weighted by Crippen LogP contribution is 2.41. The van der Waals surface area contributed by atoms with Gasteiger partial charge < -0.3 is 29.7 Å². The Morgan fingerprint density at radius 3 is 2.61 bits per heavy atom. The molecule has 2 fully saturated rings. The first-order chi connectivity index (χ1) is 17.9. The zero-order valence-corrected chi connectivity index (χ0v) is 24.0. The van der Waals surface area contributed by atoms with E-state index < -0.39 is 17.8 Å². The topological polar surface area (TPSA) is 99.5 Å². The normalized spacial score (nSPS) is 28.8. The molecule has 0 aromatic carbocycles. The van der Waals surface area contributed by atoms with Crippen LogP contribution in [0.4, 0.5) is 5.69 Å². The second-order valence-corrected chi connectivity index (χ2v) is 13.3. The van der Waals surface area contributed by atoms with Crippen molar-refractivity contribution < 1.29 is 29.6 Å². The number of carboxylic acids is 1. The Hall–Kier alpha value is -1.89. The average molecular weight is 546 g/mol. The summed E-state index contributed by atoms with van der Waals surface area (Å²) in [5, 5.41) is 33.1. The fourth-order valence-electron chi connectivity index (χ4n) is 5.56. The second kappa shape index (κ2) is 12.1. The first-order valence-corrected chi connectivity index (χ1v) is 14.7. The molecule has 1 unspecified atom stereocenters. The van der Waals surface area contributed by atoms with Gasteiger partial charge in [-0.1, -0.05) is 23.5 Å². The van der Waals surface area contributed by atoms with Gasteiger partial charge in [-0.05, 0) is 85.1 Å². The van der Waals surface area contributed by atoms with Gasteiger partial charge in [0.1, 0.15) is 11.1 Å². The van der Waals surface area contributed by atoms with Gasteiger partial charge in [-0.3, -0.25) is 0 Å². The van der Waals surface area contributed by atoms with E-state index in [0.717, 1.165) is 25.7 Å². The lowest BCUT2D eigenvalue weighted by molar-refractivity contribution is -0.0940. The summed E-state index contributed by atoms with van der Waals surface area (Å²) in [6.45, 7) is 9.72. The van der Waals surface area contributed by atoms with Gasteiger partial charge in [0, 0.05) is 24.0 Å². The molecule has 3 atom stereocenters. The molecule has 0 spiro atoms. The molecule has 2 heterocycles. The van der Waals surface area contributed by atoms with Crippen LogP contribution in [-0.4, -0.2) is 65.1 Å². The fourth-order valence-corrected chi connectivity index (χ4v) is 6.40. The van der Waals surface area contributed by atoms with Crippen molar-refractivity contribution in [1.82, 2.24) is 0 Å². The summed E-state index contributed by atoms with van der Waals surface area (Å²) in [5.74, 6) is 5.36. The Morgan fingerprint density at radius 2 is 2.03 bits per heavy atom. The van der Waals surface area contributed by atoms with E-state index in [-0.39, 0.29) is 35.0 Å². The number of carboxylic acid groups (broad SMARTS) is 1. The summed E-state index contributed by atoms with van der Waals surface area (Å²) < 4.78 is 11.3. The SMILES string of the molecule is CC1=CC[C@H](C(O)N(c2cc(C#CC(C)(C)C)sc2C(=O)O)C2CCC(O)(CO[C@H]3CCOC3)CC2)CC1. The fraction of sp³-hybridized carbons (Fsp3) is 0.700. The second-order valence-electron chi connectivity index (χ2n) is 12.3. The number of hydrogen-bond acceptors (Lipinski definition) is 7. The number of anilines is 1. The summed E-state index contributed by atoms with van der Waals surface area (Å²) in [6.07, 6.45) is 7.14. The van der Waals surface area contributed by atoms with Crippen molar-refractivity contribution in [3.05, 3.63) is 27.5 Å². The quantitative estimate of drug-likeness (QED) is 0.235. The van der Waals surface area contributed by atoms with Crippen molar-refractivity contribution in [2.24, 2.45) is 11.3 Å². The smallest absolute Gasteiger partial charge is 0.348 e. The molecule has 38 heavy (non-hydrogen) atoms. The highest BCUT2D eigenvalue weighted by atomic mass is 32.1. The number of aliphatic hydroxyl groups is 2. The number of aromatic carboxylic acids is 1. The van der Waals surface area contributed by atoms with E-state index in [1.165, 1.54) is 16.9 Å². The van der Waals surface area contributed by atoms with Gasteiger partial charge in [0.05, 0.1) is 35.5 Å². The summed E-state index contributed by atoms with van der Waals surface area (Å²) in [7, 11) is 0. The maximum absolute atomic E-state index is 12.4. The third-order valence-electron chi connectivity index (χ3n) is 7.89. The monoisotopic (exact) mass is 545 g/mol. The molecular weight excluding hydrogens is 502 g/mol. The van der Waals surface area contributed by atoms with Crippen LogP contribution in [0.25, 0.3) is 0 Å². The third kappa shape index (κ3) is 7.40. The number of aliphatic hydroxyl groups excluding tert-OH is 1. The summed E-state index contributed by atoms with van der Waals surface area (Å²) in [4.78, 5) is 15.2. The lowest BCUT2D eigenvalue weighted by Crippen LogP contribution is -2.52. The van der Waals surface area contributed by atoms with E-state index in [4.69, 9.17) is 9.47 Å². The largest absolute Gasteiger partial charge is 0.477 e. The lowest BCUT2D eigenvalue weighted by Gasteiger charge is -2.45. The number of allylic oxidation sites excluding steroid dienone is 2. The number of nitrogens with zero attached hydrogens (tertiary/aromatic N) is 1. The van der Waals surface area contributed by atoms with Crippen molar-refractivity contribution in [3.8, 4) is 11.8 Å². The Kier molecular flexibility index (Phi) is 9.26. The molecule has 8 heteroatoms. The van der Waals surface area contributed by atoms with Gasteiger partial charge >= 0.3 is 5.97 Å². The molecule has 3 N–H and O–H groups in total. The molecule has 1 aromatic heterocycles. The molecular formula is C30H43NO6S. The molecule has 2 aliphatic carbocycles. The highest BCUT2D eigenvalue weighted by Gasteiger charge is 2.41. The van der Waals surface area contributed by atoms with Crippen LogP contribution in [0.2, 0.25) is 0 Å².